The molecule has 1 amide bonds. The van der Waals surface area contributed by atoms with Gasteiger partial charge in [-0.1, -0.05) is 34.6 Å². The first-order valence-corrected chi connectivity index (χ1v) is 10.9. The molecular weight excluding hydrogens is 349 g/mol. The van der Waals surface area contributed by atoms with Crippen molar-refractivity contribution in [2.45, 2.75) is 40.7 Å². The second-order valence-electron chi connectivity index (χ2n) is 8.52. The summed E-state index contributed by atoms with van der Waals surface area (Å²) in [4.78, 5) is 27.5. The SMILES string of the molecule is COc1ccc(N2C(=O)C(C(C)(C)C(C)(C)C)[C@H]2C(=O)OP(C)C)cc1. The Balaban J connectivity index is 2.42. The van der Waals surface area contributed by atoms with Gasteiger partial charge in [0.2, 0.25) is 5.91 Å². The number of amides is 1. The molecule has 1 heterocycles. The minimum atomic E-state index is -0.845. The lowest BCUT2D eigenvalue weighted by Crippen LogP contribution is -2.70. The van der Waals surface area contributed by atoms with Crippen molar-refractivity contribution in [1.29, 1.82) is 0 Å². The van der Waals surface area contributed by atoms with Crippen LogP contribution in [0.1, 0.15) is 34.6 Å². The van der Waals surface area contributed by atoms with Gasteiger partial charge < -0.3 is 9.26 Å². The standard InChI is InChI=1S/C20H30NO4P/c1-19(2,3)20(4,5)15-16(18(23)25-26(7)8)21(17(15)22)13-9-11-14(24-6)12-10-13/h9-12,15-16H,1-8H3/t15?,16-/m0/s1. The molecule has 1 unspecified atom stereocenters. The van der Waals surface area contributed by atoms with Crippen molar-refractivity contribution in [3.8, 4) is 5.75 Å². The Labute approximate surface area is 157 Å². The van der Waals surface area contributed by atoms with Gasteiger partial charge in [0.15, 0.2) is 0 Å². The zero-order valence-electron chi connectivity index (χ0n) is 17.0. The van der Waals surface area contributed by atoms with Crippen LogP contribution in [0.3, 0.4) is 0 Å². The first kappa shape index (κ1) is 20.7. The molecule has 2 atom stereocenters. The highest BCUT2D eigenvalue weighted by molar-refractivity contribution is 7.51. The van der Waals surface area contributed by atoms with Gasteiger partial charge in [0.25, 0.3) is 0 Å². The Bertz CT molecular complexity index is 676. The molecule has 1 aromatic carbocycles. The lowest BCUT2D eigenvalue weighted by Gasteiger charge is -2.55. The zero-order chi connectivity index (χ0) is 19.9. The van der Waals surface area contributed by atoms with Gasteiger partial charge in [-0.2, -0.15) is 0 Å². The van der Waals surface area contributed by atoms with E-state index >= 15 is 0 Å². The molecule has 1 aliphatic rings. The summed E-state index contributed by atoms with van der Waals surface area (Å²) in [6, 6.07) is 6.59. The van der Waals surface area contributed by atoms with Crippen molar-refractivity contribution in [3.63, 3.8) is 0 Å². The van der Waals surface area contributed by atoms with Crippen molar-refractivity contribution in [3.05, 3.63) is 24.3 Å². The molecule has 26 heavy (non-hydrogen) atoms. The number of ether oxygens (including phenoxy) is 1. The van der Waals surface area contributed by atoms with Crippen LogP contribution in [0.5, 0.6) is 5.75 Å². The summed E-state index contributed by atoms with van der Waals surface area (Å²) in [5.41, 5.74) is 0.192. The largest absolute Gasteiger partial charge is 0.497 e. The quantitative estimate of drug-likeness (QED) is 0.565. The number of methoxy groups -OCH3 is 1. The molecule has 0 spiro atoms. The highest BCUT2D eigenvalue weighted by Gasteiger charge is 2.61. The van der Waals surface area contributed by atoms with Crippen LogP contribution in [0.15, 0.2) is 24.3 Å². The van der Waals surface area contributed by atoms with Crippen LogP contribution in [0.25, 0.3) is 0 Å². The van der Waals surface area contributed by atoms with Crippen LogP contribution in [0.4, 0.5) is 5.69 Å². The van der Waals surface area contributed by atoms with Crippen LogP contribution in [0.2, 0.25) is 0 Å². The molecule has 6 heteroatoms. The molecule has 5 nitrogen and oxygen atoms in total. The summed E-state index contributed by atoms with van der Waals surface area (Å²) in [6.45, 7) is 14.2. The maximum atomic E-state index is 13.1. The maximum Gasteiger partial charge on any atom is 0.332 e. The Hall–Kier alpha value is -1.61. The summed E-state index contributed by atoms with van der Waals surface area (Å²) in [5.74, 6) is -0.0578. The lowest BCUT2D eigenvalue weighted by molar-refractivity contribution is -0.155. The number of carbonyl (C=O) groups excluding carboxylic acids is 2. The van der Waals surface area contributed by atoms with Gasteiger partial charge in [-0.25, -0.2) is 4.79 Å². The number of carbonyl (C=O) groups is 2. The summed E-state index contributed by atoms with van der Waals surface area (Å²) in [5, 5.41) is 0. The second-order valence-corrected chi connectivity index (χ2v) is 10.3. The van der Waals surface area contributed by atoms with Crippen molar-refractivity contribution in [1.82, 2.24) is 0 Å². The molecule has 144 valence electrons. The molecular formula is C20H30NO4P. The highest BCUT2D eigenvalue weighted by atomic mass is 31.1. The van der Waals surface area contributed by atoms with Crippen LogP contribution >= 0.6 is 8.15 Å². The van der Waals surface area contributed by atoms with E-state index in [1.54, 1.807) is 36.3 Å². The van der Waals surface area contributed by atoms with Crippen molar-refractivity contribution in [2.24, 2.45) is 16.7 Å². The third kappa shape index (κ3) is 3.59. The molecule has 0 saturated carbocycles. The molecule has 1 aromatic rings. The number of hydrogen-bond donors (Lipinski definition) is 0. The smallest absolute Gasteiger partial charge is 0.332 e. The average Bonchev–Trinajstić information content (AvgIpc) is 2.51. The number of hydrogen-bond acceptors (Lipinski definition) is 4. The van der Waals surface area contributed by atoms with E-state index in [0.29, 0.717) is 11.4 Å². The van der Waals surface area contributed by atoms with Crippen LogP contribution in [-0.2, 0) is 14.1 Å². The van der Waals surface area contributed by atoms with E-state index < -0.39 is 20.1 Å². The molecule has 1 aliphatic heterocycles. The first-order valence-electron chi connectivity index (χ1n) is 8.78. The third-order valence-electron chi connectivity index (χ3n) is 5.67. The third-order valence-corrected chi connectivity index (χ3v) is 6.22. The summed E-state index contributed by atoms with van der Waals surface area (Å²) in [6.07, 6.45) is 0. The average molecular weight is 379 g/mol. The van der Waals surface area contributed by atoms with Crippen LogP contribution < -0.4 is 9.64 Å². The maximum absolute atomic E-state index is 13.1. The first-order chi connectivity index (χ1) is 11.9. The van der Waals surface area contributed by atoms with E-state index in [0.717, 1.165) is 0 Å². The molecule has 0 N–H and O–H groups in total. The number of rotatable bonds is 5. The molecule has 1 fully saturated rings. The van der Waals surface area contributed by atoms with Crippen molar-refractivity contribution >= 4 is 25.7 Å². The molecule has 2 rings (SSSR count). The highest BCUT2D eigenvalue weighted by Crippen LogP contribution is 2.52. The minimum absolute atomic E-state index is 0.0337. The van der Waals surface area contributed by atoms with Gasteiger partial charge >= 0.3 is 5.97 Å². The molecule has 0 radical (unpaired) electrons. The Morgan fingerprint density at radius 2 is 1.62 bits per heavy atom. The summed E-state index contributed by atoms with van der Waals surface area (Å²) < 4.78 is 10.7. The topological polar surface area (TPSA) is 55.8 Å². The molecule has 1 saturated heterocycles. The summed E-state index contributed by atoms with van der Waals surface area (Å²) >= 11 is 0. The van der Waals surface area contributed by atoms with Gasteiger partial charge in [-0.05, 0) is 48.4 Å². The van der Waals surface area contributed by atoms with Gasteiger partial charge in [0.05, 0.1) is 21.2 Å². The van der Waals surface area contributed by atoms with E-state index in [1.807, 2.05) is 13.3 Å². The monoisotopic (exact) mass is 379 g/mol. The Kier molecular flexibility index (Phi) is 5.72. The fraction of sp³-hybridized carbons (Fsp3) is 0.600. The van der Waals surface area contributed by atoms with E-state index in [2.05, 4.69) is 34.6 Å². The summed E-state index contributed by atoms with van der Waals surface area (Å²) in [7, 11) is 0.749. The van der Waals surface area contributed by atoms with E-state index in [4.69, 9.17) is 9.26 Å². The van der Waals surface area contributed by atoms with Crippen molar-refractivity contribution in [2.75, 3.05) is 25.3 Å². The van der Waals surface area contributed by atoms with E-state index in [9.17, 15) is 9.59 Å². The predicted molar refractivity (Wildman–Crippen MR) is 106 cm³/mol. The fourth-order valence-electron chi connectivity index (χ4n) is 3.16. The van der Waals surface area contributed by atoms with Crippen molar-refractivity contribution < 1.29 is 18.8 Å². The van der Waals surface area contributed by atoms with Gasteiger partial charge in [-0.3, -0.25) is 9.69 Å². The van der Waals surface area contributed by atoms with Crippen LogP contribution in [-0.4, -0.2) is 38.4 Å². The molecule has 0 aliphatic carbocycles. The Morgan fingerprint density at radius 3 is 2.04 bits per heavy atom. The van der Waals surface area contributed by atoms with Gasteiger partial charge in [0, 0.05) is 5.69 Å². The second kappa shape index (κ2) is 7.19. The predicted octanol–water partition coefficient (Wildman–Crippen LogP) is 4.30. The number of benzene rings is 1. The number of β-lactam (4-membered cyclic amide) rings is 1. The van der Waals surface area contributed by atoms with Gasteiger partial charge in [-0.15, -0.1) is 0 Å². The fourth-order valence-corrected chi connectivity index (χ4v) is 3.63. The van der Waals surface area contributed by atoms with Gasteiger partial charge in [0.1, 0.15) is 11.8 Å². The zero-order valence-corrected chi connectivity index (χ0v) is 17.9. The molecule has 0 bridgehead atoms. The van der Waals surface area contributed by atoms with Crippen LogP contribution in [0, 0.1) is 16.7 Å². The minimum Gasteiger partial charge on any atom is -0.497 e. The number of anilines is 1. The Morgan fingerprint density at radius 1 is 1.08 bits per heavy atom. The molecule has 0 aromatic heterocycles. The lowest BCUT2D eigenvalue weighted by atomic mass is 9.57. The van der Waals surface area contributed by atoms with E-state index in [-0.39, 0.29) is 22.7 Å². The normalized spacial score (nSPS) is 20.8. The van der Waals surface area contributed by atoms with E-state index in [1.165, 1.54) is 0 Å². The number of nitrogens with zero attached hydrogens (tertiary/aromatic N) is 1.